The molecule has 0 aliphatic carbocycles. The second-order valence-electron chi connectivity index (χ2n) is 2.66. The normalized spacial score (nSPS) is 11.0. The predicted molar refractivity (Wildman–Crippen MR) is 52.5 cm³/mol. The summed E-state index contributed by atoms with van der Waals surface area (Å²) in [7, 11) is 0. The van der Waals surface area contributed by atoms with Crippen LogP contribution in [0.2, 0.25) is 0 Å². The Hall–Kier alpha value is -1.09. The third kappa shape index (κ3) is 2.70. The molecule has 0 amide bonds. The molecule has 1 heterocycles. The summed E-state index contributed by atoms with van der Waals surface area (Å²) in [5, 5.41) is 3.75. The molecular formula is C9H11ClN2O. The minimum atomic E-state index is -0.469. The summed E-state index contributed by atoms with van der Waals surface area (Å²) in [6.07, 6.45) is 4.88. The molecule has 13 heavy (non-hydrogen) atoms. The topological polar surface area (TPSA) is 34.9 Å². The SMILES string of the molecule is CCn1cc(/C=C/C(=O)Cl)c(C)n1. The molecule has 0 saturated heterocycles. The lowest BCUT2D eigenvalue weighted by atomic mass is 10.2. The molecule has 3 nitrogen and oxygen atoms in total. The Morgan fingerprint density at radius 3 is 2.92 bits per heavy atom. The summed E-state index contributed by atoms with van der Waals surface area (Å²) in [6.45, 7) is 4.72. The second-order valence-corrected chi connectivity index (χ2v) is 3.04. The average Bonchev–Trinajstić information content (AvgIpc) is 2.43. The van der Waals surface area contributed by atoms with Crippen molar-refractivity contribution in [2.24, 2.45) is 0 Å². The number of rotatable bonds is 3. The molecule has 1 aromatic rings. The third-order valence-corrected chi connectivity index (χ3v) is 1.83. The van der Waals surface area contributed by atoms with Crippen molar-refractivity contribution in [1.82, 2.24) is 9.78 Å². The summed E-state index contributed by atoms with van der Waals surface area (Å²) in [6, 6.07) is 0. The number of aromatic nitrogens is 2. The van der Waals surface area contributed by atoms with Crippen LogP contribution in [-0.2, 0) is 11.3 Å². The van der Waals surface area contributed by atoms with Crippen LogP contribution in [0, 0.1) is 6.92 Å². The number of carbonyl (C=O) groups is 1. The first kappa shape index (κ1) is 9.99. The van der Waals surface area contributed by atoms with Gasteiger partial charge in [0, 0.05) is 18.3 Å². The van der Waals surface area contributed by atoms with Gasteiger partial charge in [-0.25, -0.2) is 0 Å². The van der Waals surface area contributed by atoms with Gasteiger partial charge >= 0.3 is 0 Å². The molecule has 0 unspecified atom stereocenters. The van der Waals surface area contributed by atoms with Crippen LogP contribution in [-0.4, -0.2) is 15.0 Å². The van der Waals surface area contributed by atoms with E-state index in [2.05, 4.69) is 5.10 Å². The van der Waals surface area contributed by atoms with Gasteiger partial charge in [-0.2, -0.15) is 5.10 Å². The molecule has 0 saturated carbocycles. The molecule has 0 radical (unpaired) electrons. The molecule has 0 N–H and O–H groups in total. The lowest BCUT2D eigenvalue weighted by Gasteiger charge is -1.89. The quantitative estimate of drug-likeness (QED) is 0.550. The van der Waals surface area contributed by atoms with Crippen LogP contribution in [0.3, 0.4) is 0 Å². The van der Waals surface area contributed by atoms with Crippen molar-refractivity contribution in [1.29, 1.82) is 0 Å². The van der Waals surface area contributed by atoms with Gasteiger partial charge in [0.15, 0.2) is 0 Å². The monoisotopic (exact) mass is 198 g/mol. The smallest absolute Gasteiger partial charge is 0.245 e. The van der Waals surface area contributed by atoms with Gasteiger partial charge in [0.25, 0.3) is 0 Å². The van der Waals surface area contributed by atoms with E-state index in [0.717, 1.165) is 17.8 Å². The Bertz CT molecular complexity index is 341. The van der Waals surface area contributed by atoms with Crippen LogP contribution in [0.1, 0.15) is 18.2 Å². The number of allylic oxidation sites excluding steroid dienone is 1. The highest BCUT2D eigenvalue weighted by Crippen LogP contribution is 2.07. The van der Waals surface area contributed by atoms with Crippen molar-refractivity contribution in [3.05, 3.63) is 23.5 Å². The molecule has 1 rings (SSSR count). The predicted octanol–water partition coefficient (Wildman–Crippen LogP) is 1.99. The maximum absolute atomic E-state index is 10.5. The molecular weight excluding hydrogens is 188 g/mol. The van der Waals surface area contributed by atoms with Crippen molar-refractivity contribution in [3.63, 3.8) is 0 Å². The summed E-state index contributed by atoms with van der Waals surface area (Å²) in [5.41, 5.74) is 1.83. The highest BCUT2D eigenvalue weighted by molar-refractivity contribution is 6.66. The van der Waals surface area contributed by atoms with Crippen LogP contribution < -0.4 is 0 Å². The van der Waals surface area contributed by atoms with Crippen molar-refractivity contribution in [2.45, 2.75) is 20.4 Å². The summed E-state index contributed by atoms with van der Waals surface area (Å²) < 4.78 is 1.81. The van der Waals surface area contributed by atoms with Gasteiger partial charge in [-0.15, -0.1) is 0 Å². The van der Waals surface area contributed by atoms with Gasteiger partial charge in [0.05, 0.1) is 5.69 Å². The average molecular weight is 199 g/mol. The fourth-order valence-corrected chi connectivity index (χ4v) is 1.08. The lowest BCUT2D eigenvalue weighted by Crippen LogP contribution is -1.93. The zero-order valence-corrected chi connectivity index (χ0v) is 8.38. The lowest BCUT2D eigenvalue weighted by molar-refractivity contribution is -0.107. The van der Waals surface area contributed by atoms with Crippen LogP contribution >= 0.6 is 11.6 Å². The molecule has 0 bridgehead atoms. The largest absolute Gasteiger partial charge is 0.276 e. The van der Waals surface area contributed by atoms with E-state index in [0.29, 0.717) is 0 Å². The van der Waals surface area contributed by atoms with Crippen LogP contribution in [0.25, 0.3) is 6.08 Å². The standard InChI is InChI=1S/C9H11ClN2O/c1-3-12-6-8(7(2)11-12)4-5-9(10)13/h4-6H,3H2,1-2H3/b5-4+. The Morgan fingerprint density at radius 2 is 2.46 bits per heavy atom. The fraction of sp³-hybridized carbons (Fsp3) is 0.333. The van der Waals surface area contributed by atoms with E-state index in [1.165, 1.54) is 6.08 Å². The first-order valence-corrected chi connectivity index (χ1v) is 4.43. The summed E-state index contributed by atoms with van der Waals surface area (Å²) in [4.78, 5) is 10.5. The fourth-order valence-electron chi connectivity index (χ4n) is 1.01. The third-order valence-electron chi connectivity index (χ3n) is 1.70. The van der Waals surface area contributed by atoms with Gasteiger partial charge in [-0.3, -0.25) is 9.48 Å². The van der Waals surface area contributed by atoms with Crippen LogP contribution in [0.5, 0.6) is 0 Å². The first-order valence-electron chi connectivity index (χ1n) is 4.05. The maximum Gasteiger partial charge on any atom is 0.245 e. The minimum Gasteiger partial charge on any atom is -0.276 e. The molecule has 0 spiro atoms. The molecule has 0 aliphatic heterocycles. The van der Waals surface area contributed by atoms with E-state index in [1.54, 1.807) is 6.08 Å². The van der Waals surface area contributed by atoms with Gasteiger partial charge in [0.1, 0.15) is 0 Å². The number of aryl methyl sites for hydroxylation is 2. The summed E-state index contributed by atoms with van der Waals surface area (Å²) >= 11 is 5.17. The van der Waals surface area contributed by atoms with E-state index >= 15 is 0 Å². The second kappa shape index (κ2) is 4.23. The minimum absolute atomic E-state index is 0.469. The molecule has 0 aromatic carbocycles. The first-order chi connectivity index (χ1) is 6.13. The van der Waals surface area contributed by atoms with E-state index in [1.807, 2.05) is 24.7 Å². The Balaban J connectivity index is 2.88. The van der Waals surface area contributed by atoms with Gasteiger partial charge in [-0.1, -0.05) is 0 Å². The number of nitrogens with zero attached hydrogens (tertiary/aromatic N) is 2. The molecule has 4 heteroatoms. The zero-order chi connectivity index (χ0) is 9.84. The Kier molecular flexibility index (Phi) is 3.25. The van der Waals surface area contributed by atoms with Crippen molar-refractivity contribution in [3.8, 4) is 0 Å². The zero-order valence-electron chi connectivity index (χ0n) is 7.62. The van der Waals surface area contributed by atoms with Gasteiger partial charge in [-0.05, 0) is 37.6 Å². The maximum atomic E-state index is 10.5. The Labute approximate surface area is 82.0 Å². The van der Waals surface area contributed by atoms with Crippen molar-refractivity contribution < 1.29 is 4.79 Å². The number of hydrogen-bond donors (Lipinski definition) is 0. The van der Waals surface area contributed by atoms with E-state index < -0.39 is 5.24 Å². The number of carbonyl (C=O) groups excluding carboxylic acids is 1. The number of hydrogen-bond acceptors (Lipinski definition) is 2. The molecule has 70 valence electrons. The van der Waals surface area contributed by atoms with Gasteiger partial charge < -0.3 is 0 Å². The highest BCUT2D eigenvalue weighted by Gasteiger charge is 1.99. The molecule has 0 aliphatic rings. The van der Waals surface area contributed by atoms with Gasteiger partial charge in [0.2, 0.25) is 5.24 Å². The van der Waals surface area contributed by atoms with Crippen LogP contribution in [0.4, 0.5) is 0 Å². The van der Waals surface area contributed by atoms with Crippen molar-refractivity contribution >= 4 is 22.9 Å². The molecule has 1 aromatic heterocycles. The number of halogens is 1. The summed E-state index contributed by atoms with van der Waals surface area (Å²) in [5.74, 6) is 0. The van der Waals surface area contributed by atoms with E-state index in [-0.39, 0.29) is 0 Å². The van der Waals surface area contributed by atoms with Crippen LogP contribution in [0.15, 0.2) is 12.3 Å². The van der Waals surface area contributed by atoms with E-state index in [4.69, 9.17) is 11.6 Å². The molecule has 0 fully saturated rings. The Morgan fingerprint density at radius 1 is 1.77 bits per heavy atom. The van der Waals surface area contributed by atoms with Crippen molar-refractivity contribution in [2.75, 3.05) is 0 Å². The van der Waals surface area contributed by atoms with E-state index in [9.17, 15) is 4.79 Å². The highest BCUT2D eigenvalue weighted by atomic mass is 35.5. The molecule has 0 atom stereocenters.